The number of hydrogen-bond acceptors (Lipinski definition) is 3. The van der Waals surface area contributed by atoms with Crippen LogP contribution in [0.15, 0.2) is 29.2 Å². The quantitative estimate of drug-likeness (QED) is 0.834. The van der Waals surface area contributed by atoms with Crippen LogP contribution in [0.3, 0.4) is 0 Å². The van der Waals surface area contributed by atoms with Gasteiger partial charge in [0.25, 0.3) is 0 Å². The zero-order valence-electron chi connectivity index (χ0n) is 8.10. The fourth-order valence-corrected chi connectivity index (χ4v) is 1.88. The highest BCUT2D eigenvalue weighted by Gasteiger charge is 1.94. The molecule has 0 bridgehead atoms. The van der Waals surface area contributed by atoms with E-state index >= 15 is 0 Å². The Hall–Kier alpha value is -1.29. The molecule has 0 amide bonds. The van der Waals surface area contributed by atoms with Crippen LogP contribution in [0.4, 0.5) is 5.69 Å². The van der Waals surface area contributed by atoms with E-state index in [0.717, 1.165) is 13.1 Å². The number of hydrogen-bond donors (Lipinski definition) is 1. The van der Waals surface area contributed by atoms with Gasteiger partial charge >= 0.3 is 0 Å². The number of nitrogens with zero attached hydrogens (tertiary/aromatic N) is 2. The summed E-state index contributed by atoms with van der Waals surface area (Å²) in [6.07, 6.45) is 3.93. The fraction of sp³-hybridized carbons (Fsp3) is 0.300. The van der Waals surface area contributed by atoms with Gasteiger partial charge in [-0.2, -0.15) is 16.4 Å². The zero-order valence-corrected chi connectivity index (χ0v) is 8.92. The first-order chi connectivity index (χ1) is 6.84. The first kappa shape index (κ1) is 9.27. The molecule has 14 heavy (non-hydrogen) atoms. The summed E-state index contributed by atoms with van der Waals surface area (Å²) in [6.45, 7) is 3.87. The molecule has 0 unspecified atom stereocenters. The SMILES string of the molecule is Cc1cnn(CCNc2ccsc2)c1. The van der Waals surface area contributed by atoms with Crippen LogP contribution in [-0.4, -0.2) is 16.3 Å². The molecule has 0 atom stereocenters. The third kappa shape index (κ3) is 2.35. The monoisotopic (exact) mass is 207 g/mol. The highest BCUT2D eigenvalue weighted by Crippen LogP contribution is 2.10. The predicted molar refractivity (Wildman–Crippen MR) is 59.8 cm³/mol. The Morgan fingerprint density at radius 1 is 1.57 bits per heavy atom. The van der Waals surface area contributed by atoms with Crippen LogP contribution in [0.2, 0.25) is 0 Å². The molecule has 1 N–H and O–H groups in total. The van der Waals surface area contributed by atoms with Gasteiger partial charge < -0.3 is 5.32 Å². The highest BCUT2D eigenvalue weighted by molar-refractivity contribution is 7.08. The average molecular weight is 207 g/mol. The van der Waals surface area contributed by atoms with Gasteiger partial charge in [-0.25, -0.2) is 0 Å². The summed E-state index contributed by atoms with van der Waals surface area (Å²) in [5.74, 6) is 0. The van der Waals surface area contributed by atoms with Crippen LogP contribution < -0.4 is 5.32 Å². The van der Waals surface area contributed by atoms with Gasteiger partial charge in [0.1, 0.15) is 0 Å². The third-order valence-corrected chi connectivity index (χ3v) is 2.64. The van der Waals surface area contributed by atoms with Gasteiger partial charge in [-0.15, -0.1) is 0 Å². The molecule has 2 heterocycles. The molecule has 0 saturated heterocycles. The second-order valence-corrected chi connectivity index (χ2v) is 4.00. The van der Waals surface area contributed by atoms with E-state index in [1.54, 1.807) is 11.3 Å². The van der Waals surface area contributed by atoms with E-state index in [4.69, 9.17) is 0 Å². The lowest BCUT2D eigenvalue weighted by molar-refractivity contribution is 0.637. The van der Waals surface area contributed by atoms with Crippen molar-refractivity contribution >= 4 is 17.0 Å². The van der Waals surface area contributed by atoms with Crippen LogP contribution in [0.25, 0.3) is 0 Å². The highest BCUT2D eigenvalue weighted by atomic mass is 32.1. The minimum atomic E-state index is 0.906. The maximum Gasteiger partial charge on any atom is 0.0582 e. The number of nitrogens with one attached hydrogen (secondary N) is 1. The van der Waals surface area contributed by atoms with E-state index in [1.807, 2.05) is 10.9 Å². The van der Waals surface area contributed by atoms with Gasteiger partial charge in [0.15, 0.2) is 0 Å². The Kier molecular flexibility index (Phi) is 2.84. The molecule has 0 aliphatic heterocycles. The third-order valence-electron chi connectivity index (χ3n) is 1.95. The molecule has 2 aromatic heterocycles. The second kappa shape index (κ2) is 4.28. The van der Waals surface area contributed by atoms with Gasteiger partial charge in [0.05, 0.1) is 12.7 Å². The molecule has 2 rings (SSSR count). The first-order valence-corrected chi connectivity index (χ1v) is 5.54. The van der Waals surface area contributed by atoms with Crippen molar-refractivity contribution in [1.82, 2.24) is 9.78 Å². The van der Waals surface area contributed by atoms with Crippen molar-refractivity contribution in [2.24, 2.45) is 0 Å². The molecule has 4 heteroatoms. The number of anilines is 1. The summed E-state index contributed by atoms with van der Waals surface area (Å²) in [4.78, 5) is 0. The van der Waals surface area contributed by atoms with E-state index in [1.165, 1.54) is 11.3 Å². The smallest absolute Gasteiger partial charge is 0.0582 e. The van der Waals surface area contributed by atoms with E-state index in [9.17, 15) is 0 Å². The molecule has 3 nitrogen and oxygen atoms in total. The number of thiophene rings is 1. The van der Waals surface area contributed by atoms with Gasteiger partial charge in [0.2, 0.25) is 0 Å². The Labute approximate surface area is 87.4 Å². The first-order valence-electron chi connectivity index (χ1n) is 4.60. The van der Waals surface area contributed by atoms with Crippen molar-refractivity contribution < 1.29 is 0 Å². The maximum atomic E-state index is 4.21. The maximum absolute atomic E-state index is 4.21. The molecule has 2 aromatic rings. The van der Waals surface area contributed by atoms with Crippen molar-refractivity contribution in [1.29, 1.82) is 0 Å². The molecular weight excluding hydrogens is 194 g/mol. The van der Waals surface area contributed by atoms with Crippen LogP contribution >= 0.6 is 11.3 Å². The zero-order chi connectivity index (χ0) is 9.80. The van der Waals surface area contributed by atoms with E-state index in [-0.39, 0.29) is 0 Å². The van der Waals surface area contributed by atoms with Gasteiger partial charge in [0, 0.05) is 23.8 Å². The molecular formula is C10H13N3S. The Morgan fingerprint density at radius 2 is 2.50 bits per heavy atom. The van der Waals surface area contributed by atoms with Crippen LogP contribution in [0, 0.1) is 6.92 Å². The predicted octanol–water partition coefficient (Wildman–Crippen LogP) is 2.37. The summed E-state index contributed by atoms with van der Waals surface area (Å²) < 4.78 is 1.95. The van der Waals surface area contributed by atoms with Crippen LogP contribution in [0.5, 0.6) is 0 Å². The molecule has 0 radical (unpaired) electrons. The molecule has 0 aliphatic carbocycles. The summed E-state index contributed by atoms with van der Waals surface area (Å²) >= 11 is 1.71. The second-order valence-electron chi connectivity index (χ2n) is 3.22. The molecule has 0 aromatic carbocycles. The van der Waals surface area contributed by atoms with Crippen molar-refractivity contribution in [3.63, 3.8) is 0 Å². The summed E-state index contributed by atoms with van der Waals surface area (Å²) in [5.41, 5.74) is 2.40. The van der Waals surface area contributed by atoms with Gasteiger partial charge in [-0.1, -0.05) is 0 Å². The number of aromatic nitrogens is 2. The van der Waals surface area contributed by atoms with E-state index < -0.39 is 0 Å². The Bertz CT molecular complexity index is 378. The van der Waals surface area contributed by atoms with Crippen molar-refractivity contribution in [3.05, 3.63) is 34.8 Å². The summed E-state index contributed by atoms with van der Waals surface area (Å²) in [6, 6.07) is 2.08. The lowest BCUT2D eigenvalue weighted by Gasteiger charge is -2.03. The lowest BCUT2D eigenvalue weighted by Crippen LogP contribution is -2.10. The van der Waals surface area contributed by atoms with Crippen molar-refractivity contribution in [2.75, 3.05) is 11.9 Å². The average Bonchev–Trinajstić information content (AvgIpc) is 2.77. The molecule has 0 fully saturated rings. The number of aryl methyl sites for hydroxylation is 1. The topological polar surface area (TPSA) is 29.9 Å². The largest absolute Gasteiger partial charge is 0.383 e. The minimum Gasteiger partial charge on any atom is -0.383 e. The van der Waals surface area contributed by atoms with E-state index in [2.05, 4.69) is 40.4 Å². The van der Waals surface area contributed by atoms with E-state index in [0.29, 0.717) is 0 Å². The standard InChI is InChI=1S/C10H13N3S/c1-9-6-12-13(7-9)4-3-11-10-2-5-14-8-10/h2,5-8,11H,3-4H2,1H3. The Balaban J connectivity index is 1.78. The lowest BCUT2D eigenvalue weighted by atomic mass is 10.4. The molecule has 0 spiro atoms. The van der Waals surface area contributed by atoms with Crippen molar-refractivity contribution in [2.45, 2.75) is 13.5 Å². The molecule has 74 valence electrons. The van der Waals surface area contributed by atoms with Gasteiger partial charge in [-0.05, 0) is 23.9 Å². The summed E-state index contributed by atoms with van der Waals surface area (Å²) in [5, 5.41) is 11.7. The van der Waals surface area contributed by atoms with Gasteiger partial charge in [-0.3, -0.25) is 4.68 Å². The van der Waals surface area contributed by atoms with Crippen LogP contribution in [0.1, 0.15) is 5.56 Å². The molecule has 0 saturated carbocycles. The summed E-state index contributed by atoms with van der Waals surface area (Å²) in [7, 11) is 0. The minimum absolute atomic E-state index is 0.906. The fourth-order valence-electron chi connectivity index (χ4n) is 1.27. The van der Waals surface area contributed by atoms with Crippen molar-refractivity contribution in [3.8, 4) is 0 Å². The molecule has 0 aliphatic rings. The number of rotatable bonds is 4. The van der Waals surface area contributed by atoms with Crippen LogP contribution in [-0.2, 0) is 6.54 Å². The Morgan fingerprint density at radius 3 is 3.14 bits per heavy atom. The normalized spacial score (nSPS) is 10.4.